The van der Waals surface area contributed by atoms with E-state index in [9.17, 15) is 0 Å². The number of hydrogen-bond donors (Lipinski definition) is 1. The summed E-state index contributed by atoms with van der Waals surface area (Å²) in [5.41, 5.74) is 8.70. The van der Waals surface area contributed by atoms with Crippen LogP contribution in [0.4, 0.5) is 0 Å². The van der Waals surface area contributed by atoms with Crippen molar-refractivity contribution in [1.29, 1.82) is 0 Å². The van der Waals surface area contributed by atoms with E-state index in [0.717, 1.165) is 45.3 Å². The number of nitrogens with two attached hydrogens (primary N) is 1. The summed E-state index contributed by atoms with van der Waals surface area (Å²) < 4.78 is 2.02. The molecular formula is C16H32N4. The number of aryl methyl sites for hydroxylation is 2. The lowest BCUT2D eigenvalue weighted by atomic mass is 9.90. The molecule has 4 heteroatoms. The standard InChI is InChI=1S/C16H32N4/c1-6-10-20(16(8-3,9-4)13-17)12-15-11-14(7-2)18-19(15)5/h11H,6-10,12-13,17H2,1-5H3. The number of hydrogen-bond acceptors (Lipinski definition) is 3. The molecule has 0 aliphatic carbocycles. The highest BCUT2D eigenvalue weighted by molar-refractivity contribution is 5.11. The van der Waals surface area contributed by atoms with Crippen LogP contribution in [0.1, 0.15) is 58.3 Å². The van der Waals surface area contributed by atoms with Gasteiger partial charge in [-0.1, -0.05) is 27.7 Å². The zero-order chi connectivity index (χ0) is 15.2. The molecule has 0 spiro atoms. The van der Waals surface area contributed by atoms with E-state index in [4.69, 9.17) is 5.73 Å². The highest BCUT2D eigenvalue weighted by Crippen LogP contribution is 2.25. The van der Waals surface area contributed by atoms with Crippen molar-refractivity contribution in [3.8, 4) is 0 Å². The van der Waals surface area contributed by atoms with E-state index in [1.165, 1.54) is 11.4 Å². The van der Waals surface area contributed by atoms with Gasteiger partial charge in [0.2, 0.25) is 0 Å². The average molecular weight is 280 g/mol. The molecule has 1 rings (SSSR count). The Morgan fingerprint density at radius 1 is 1.25 bits per heavy atom. The van der Waals surface area contributed by atoms with Crippen molar-refractivity contribution in [2.45, 2.75) is 65.5 Å². The summed E-state index contributed by atoms with van der Waals surface area (Å²) in [4.78, 5) is 2.56. The number of rotatable bonds is 9. The first-order valence-corrected chi connectivity index (χ1v) is 8.03. The maximum absolute atomic E-state index is 6.12. The number of aromatic nitrogens is 2. The van der Waals surface area contributed by atoms with E-state index in [-0.39, 0.29) is 5.54 Å². The molecule has 0 amide bonds. The molecule has 20 heavy (non-hydrogen) atoms. The zero-order valence-electron chi connectivity index (χ0n) is 13.9. The minimum atomic E-state index is 0.118. The highest BCUT2D eigenvalue weighted by atomic mass is 15.3. The Bertz CT molecular complexity index is 385. The molecule has 2 N–H and O–H groups in total. The van der Waals surface area contributed by atoms with E-state index >= 15 is 0 Å². The maximum Gasteiger partial charge on any atom is 0.0625 e. The summed E-state index contributed by atoms with van der Waals surface area (Å²) in [6, 6.07) is 2.23. The van der Waals surface area contributed by atoms with Gasteiger partial charge in [-0.05, 0) is 38.3 Å². The smallest absolute Gasteiger partial charge is 0.0625 e. The summed E-state index contributed by atoms with van der Waals surface area (Å²) in [5.74, 6) is 0. The van der Waals surface area contributed by atoms with Gasteiger partial charge in [-0.25, -0.2) is 0 Å². The van der Waals surface area contributed by atoms with Crippen molar-refractivity contribution in [1.82, 2.24) is 14.7 Å². The van der Waals surface area contributed by atoms with Gasteiger partial charge < -0.3 is 5.73 Å². The van der Waals surface area contributed by atoms with Crippen LogP contribution in [-0.4, -0.2) is 33.3 Å². The van der Waals surface area contributed by atoms with Crippen molar-refractivity contribution in [2.24, 2.45) is 12.8 Å². The van der Waals surface area contributed by atoms with Gasteiger partial charge in [-0.2, -0.15) is 5.10 Å². The molecule has 0 aromatic carbocycles. The van der Waals surface area contributed by atoms with Crippen LogP contribution < -0.4 is 5.73 Å². The van der Waals surface area contributed by atoms with Crippen molar-refractivity contribution in [2.75, 3.05) is 13.1 Å². The predicted octanol–water partition coefficient (Wildman–Crippen LogP) is 2.71. The van der Waals surface area contributed by atoms with Crippen LogP contribution in [0.5, 0.6) is 0 Å². The summed E-state index contributed by atoms with van der Waals surface area (Å²) in [7, 11) is 2.04. The fraction of sp³-hybridized carbons (Fsp3) is 0.812. The van der Waals surface area contributed by atoms with E-state index in [1.807, 2.05) is 11.7 Å². The SMILES string of the molecule is CCCN(Cc1cc(CC)nn1C)C(CC)(CC)CN. The first kappa shape index (κ1) is 17.2. The first-order chi connectivity index (χ1) is 9.56. The van der Waals surface area contributed by atoms with E-state index < -0.39 is 0 Å². The van der Waals surface area contributed by atoms with Gasteiger partial charge in [0.05, 0.1) is 11.4 Å². The third-order valence-electron chi connectivity index (χ3n) is 4.60. The second-order valence-electron chi connectivity index (χ2n) is 5.66. The van der Waals surface area contributed by atoms with Gasteiger partial charge in [0.25, 0.3) is 0 Å². The predicted molar refractivity (Wildman–Crippen MR) is 85.7 cm³/mol. The monoisotopic (exact) mass is 280 g/mol. The van der Waals surface area contributed by atoms with Gasteiger partial charge in [0.15, 0.2) is 0 Å². The zero-order valence-corrected chi connectivity index (χ0v) is 13.9. The highest BCUT2D eigenvalue weighted by Gasteiger charge is 2.32. The van der Waals surface area contributed by atoms with Crippen LogP contribution in [-0.2, 0) is 20.0 Å². The van der Waals surface area contributed by atoms with Crippen LogP contribution in [0.15, 0.2) is 6.07 Å². The summed E-state index contributed by atoms with van der Waals surface area (Å²) in [6.07, 6.45) is 4.34. The molecule has 0 aliphatic rings. The van der Waals surface area contributed by atoms with E-state index in [1.54, 1.807) is 0 Å². The molecular weight excluding hydrogens is 248 g/mol. The third-order valence-corrected chi connectivity index (χ3v) is 4.60. The van der Waals surface area contributed by atoms with Gasteiger partial charge in [0, 0.05) is 25.7 Å². The molecule has 0 atom stereocenters. The molecule has 0 saturated heterocycles. The second-order valence-corrected chi connectivity index (χ2v) is 5.66. The van der Waals surface area contributed by atoms with Gasteiger partial charge in [-0.3, -0.25) is 9.58 Å². The Kier molecular flexibility index (Phi) is 6.69. The van der Waals surface area contributed by atoms with Crippen molar-refractivity contribution in [3.63, 3.8) is 0 Å². The van der Waals surface area contributed by atoms with Crippen LogP contribution in [0.3, 0.4) is 0 Å². The average Bonchev–Trinajstić information content (AvgIpc) is 2.82. The van der Waals surface area contributed by atoms with Crippen LogP contribution in [0, 0.1) is 0 Å². The first-order valence-electron chi connectivity index (χ1n) is 8.03. The third kappa shape index (κ3) is 3.61. The summed E-state index contributed by atoms with van der Waals surface area (Å²) in [5, 5.41) is 4.56. The molecule has 4 nitrogen and oxygen atoms in total. The Labute approximate surface area is 124 Å². The minimum absolute atomic E-state index is 0.118. The molecule has 1 aromatic rings. The molecule has 0 aliphatic heterocycles. The molecule has 0 fully saturated rings. The summed E-state index contributed by atoms with van der Waals surface area (Å²) in [6.45, 7) is 11.6. The van der Waals surface area contributed by atoms with Crippen molar-refractivity contribution < 1.29 is 0 Å². The molecule has 1 aromatic heterocycles. The topological polar surface area (TPSA) is 47.1 Å². The molecule has 0 bridgehead atoms. The van der Waals surface area contributed by atoms with Crippen molar-refractivity contribution in [3.05, 3.63) is 17.5 Å². The maximum atomic E-state index is 6.12. The molecule has 0 saturated carbocycles. The van der Waals surface area contributed by atoms with Crippen LogP contribution in [0.25, 0.3) is 0 Å². The molecule has 116 valence electrons. The largest absolute Gasteiger partial charge is 0.329 e. The molecule has 0 unspecified atom stereocenters. The van der Waals surface area contributed by atoms with E-state index in [0.29, 0.717) is 0 Å². The fourth-order valence-electron chi connectivity index (χ4n) is 2.96. The summed E-state index contributed by atoms with van der Waals surface area (Å²) >= 11 is 0. The van der Waals surface area contributed by atoms with Gasteiger partial charge >= 0.3 is 0 Å². The molecule has 0 radical (unpaired) electrons. The van der Waals surface area contributed by atoms with Gasteiger partial charge in [-0.15, -0.1) is 0 Å². The Morgan fingerprint density at radius 3 is 2.30 bits per heavy atom. The van der Waals surface area contributed by atoms with Crippen molar-refractivity contribution >= 4 is 0 Å². The second kappa shape index (κ2) is 7.79. The number of nitrogens with zero attached hydrogens (tertiary/aromatic N) is 3. The Hall–Kier alpha value is -0.870. The molecule has 1 heterocycles. The van der Waals surface area contributed by atoms with E-state index in [2.05, 4.69) is 43.8 Å². The van der Waals surface area contributed by atoms with Crippen LogP contribution >= 0.6 is 0 Å². The Balaban J connectivity index is 2.98. The lowest BCUT2D eigenvalue weighted by Gasteiger charge is -2.42. The minimum Gasteiger partial charge on any atom is -0.329 e. The quantitative estimate of drug-likeness (QED) is 0.756. The lowest BCUT2D eigenvalue weighted by Crippen LogP contribution is -2.53. The Morgan fingerprint density at radius 2 is 1.90 bits per heavy atom. The van der Waals surface area contributed by atoms with Crippen LogP contribution in [0.2, 0.25) is 0 Å². The normalized spacial score (nSPS) is 12.3. The fourth-order valence-corrected chi connectivity index (χ4v) is 2.96. The lowest BCUT2D eigenvalue weighted by molar-refractivity contribution is 0.0741. The van der Waals surface area contributed by atoms with Gasteiger partial charge in [0.1, 0.15) is 0 Å².